The second-order valence-electron chi connectivity index (χ2n) is 5.25. The van der Waals surface area contributed by atoms with Crippen LogP contribution in [-0.2, 0) is 18.3 Å². The molecule has 5 nitrogen and oxygen atoms in total. The molecule has 1 saturated heterocycles. The van der Waals surface area contributed by atoms with Gasteiger partial charge in [0.25, 0.3) is 0 Å². The SMILES string of the molecule is Cc1c([C@H]2OCC[C@@H]2NCc2ccc(C#N)s2)cnn1C. The quantitative estimate of drug-likeness (QED) is 0.941. The van der Waals surface area contributed by atoms with E-state index in [0.717, 1.165) is 35.7 Å². The molecule has 0 bridgehead atoms. The van der Waals surface area contributed by atoms with Gasteiger partial charge in [0.1, 0.15) is 17.1 Å². The van der Waals surface area contributed by atoms with Crippen LogP contribution in [0.1, 0.15) is 33.5 Å². The van der Waals surface area contributed by atoms with Crippen molar-refractivity contribution in [2.75, 3.05) is 6.61 Å². The van der Waals surface area contributed by atoms with Gasteiger partial charge in [-0.15, -0.1) is 11.3 Å². The van der Waals surface area contributed by atoms with Crippen LogP contribution in [-0.4, -0.2) is 22.4 Å². The maximum absolute atomic E-state index is 8.87. The number of ether oxygens (including phenoxy) is 1. The molecule has 1 aliphatic heterocycles. The van der Waals surface area contributed by atoms with Crippen molar-refractivity contribution in [3.8, 4) is 6.07 Å². The summed E-state index contributed by atoms with van der Waals surface area (Å²) in [7, 11) is 1.95. The predicted octanol–water partition coefficient (Wildman–Crippen LogP) is 2.28. The van der Waals surface area contributed by atoms with Crippen LogP contribution < -0.4 is 5.32 Å². The van der Waals surface area contributed by atoms with Gasteiger partial charge in [-0.05, 0) is 25.5 Å². The average Bonchev–Trinajstić information content (AvgIpc) is 3.19. The largest absolute Gasteiger partial charge is 0.372 e. The van der Waals surface area contributed by atoms with Gasteiger partial charge < -0.3 is 10.1 Å². The highest BCUT2D eigenvalue weighted by Crippen LogP contribution is 2.31. The van der Waals surface area contributed by atoms with Crippen molar-refractivity contribution in [3.05, 3.63) is 39.3 Å². The molecule has 6 heteroatoms. The second-order valence-corrected chi connectivity index (χ2v) is 6.42. The molecule has 2 atom stereocenters. The van der Waals surface area contributed by atoms with E-state index in [9.17, 15) is 0 Å². The minimum atomic E-state index is 0.0640. The number of hydrogen-bond donors (Lipinski definition) is 1. The first kappa shape index (κ1) is 14.3. The van der Waals surface area contributed by atoms with Crippen molar-refractivity contribution in [2.45, 2.75) is 32.0 Å². The molecule has 1 aliphatic rings. The standard InChI is InChI=1S/C15H18N4OS/c1-10-13(9-18-19(10)2)15-14(5-6-20-15)17-8-12-4-3-11(7-16)21-12/h3-4,9,14-15,17H,5-6,8H2,1-2H3/t14-,15+/m0/s1. The molecule has 0 saturated carbocycles. The fraction of sp³-hybridized carbons (Fsp3) is 0.467. The lowest BCUT2D eigenvalue weighted by Gasteiger charge is -2.19. The fourth-order valence-electron chi connectivity index (χ4n) is 2.66. The highest BCUT2D eigenvalue weighted by atomic mass is 32.1. The zero-order valence-corrected chi connectivity index (χ0v) is 13.0. The van der Waals surface area contributed by atoms with Crippen LogP contribution in [0.4, 0.5) is 0 Å². The Labute approximate surface area is 128 Å². The summed E-state index contributed by atoms with van der Waals surface area (Å²) >= 11 is 1.54. The number of rotatable bonds is 4. The first-order valence-corrected chi connectivity index (χ1v) is 7.83. The summed E-state index contributed by atoms with van der Waals surface area (Å²) in [4.78, 5) is 1.94. The zero-order chi connectivity index (χ0) is 14.8. The summed E-state index contributed by atoms with van der Waals surface area (Å²) in [6.45, 7) is 3.61. The lowest BCUT2D eigenvalue weighted by atomic mass is 10.0. The number of nitrogens with zero attached hydrogens (tertiary/aromatic N) is 3. The van der Waals surface area contributed by atoms with Gasteiger partial charge >= 0.3 is 0 Å². The van der Waals surface area contributed by atoms with E-state index in [1.54, 1.807) is 0 Å². The maximum atomic E-state index is 8.87. The van der Waals surface area contributed by atoms with Crippen molar-refractivity contribution in [2.24, 2.45) is 7.05 Å². The number of nitrogens with one attached hydrogen (secondary N) is 1. The van der Waals surface area contributed by atoms with Crippen LogP contribution in [0, 0.1) is 18.3 Å². The van der Waals surface area contributed by atoms with Gasteiger partial charge in [-0.25, -0.2) is 0 Å². The molecule has 1 fully saturated rings. The normalized spacial score (nSPS) is 21.6. The van der Waals surface area contributed by atoms with E-state index in [1.165, 1.54) is 16.2 Å². The van der Waals surface area contributed by atoms with Crippen LogP contribution in [0.25, 0.3) is 0 Å². The lowest BCUT2D eigenvalue weighted by Crippen LogP contribution is -2.31. The van der Waals surface area contributed by atoms with E-state index < -0.39 is 0 Å². The molecule has 0 unspecified atom stereocenters. The van der Waals surface area contributed by atoms with E-state index in [1.807, 2.05) is 30.1 Å². The molecule has 0 aromatic carbocycles. The summed E-state index contributed by atoms with van der Waals surface area (Å²) in [5.41, 5.74) is 2.31. The molecule has 3 rings (SSSR count). The summed E-state index contributed by atoms with van der Waals surface area (Å²) < 4.78 is 7.78. The van der Waals surface area contributed by atoms with Crippen molar-refractivity contribution in [1.29, 1.82) is 5.26 Å². The third-order valence-corrected chi connectivity index (χ3v) is 4.97. The molecule has 2 aromatic rings. The van der Waals surface area contributed by atoms with Crippen LogP contribution >= 0.6 is 11.3 Å². The maximum Gasteiger partial charge on any atom is 0.110 e. The number of nitriles is 1. The predicted molar refractivity (Wildman–Crippen MR) is 80.9 cm³/mol. The Balaban J connectivity index is 1.67. The summed E-state index contributed by atoms with van der Waals surface area (Å²) in [5.74, 6) is 0. The van der Waals surface area contributed by atoms with Crippen LogP contribution in [0.5, 0.6) is 0 Å². The van der Waals surface area contributed by atoms with Crippen molar-refractivity contribution in [3.63, 3.8) is 0 Å². The number of aryl methyl sites for hydroxylation is 1. The Bertz CT molecular complexity index is 670. The first-order valence-electron chi connectivity index (χ1n) is 7.01. The minimum Gasteiger partial charge on any atom is -0.372 e. The van der Waals surface area contributed by atoms with E-state index in [4.69, 9.17) is 10.00 Å². The Hall–Kier alpha value is -1.68. The van der Waals surface area contributed by atoms with Crippen molar-refractivity contribution < 1.29 is 4.74 Å². The molecular formula is C15H18N4OS. The monoisotopic (exact) mass is 302 g/mol. The van der Waals surface area contributed by atoms with E-state index in [2.05, 4.69) is 23.4 Å². The van der Waals surface area contributed by atoms with Crippen LogP contribution in [0.2, 0.25) is 0 Å². The Morgan fingerprint density at radius 1 is 1.57 bits per heavy atom. The third-order valence-electron chi connectivity index (χ3n) is 3.98. The Morgan fingerprint density at radius 3 is 3.10 bits per heavy atom. The van der Waals surface area contributed by atoms with Crippen molar-refractivity contribution in [1.82, 2.24) is 15.1 Å². The van der Waals surface area contributed by atoms with Gasteiger partial charge in [-0.1, -0.05) is 0 Å². The molecule has 21 heavy (non-hydrogen) atoms. The fourth-order valence-corrected chi connectivity index (χ4v) is 3.42. The van der Waals surface area contributed by atoms with Gasteiger partial charge in [-0.2, -0.15) is 10.4 Å². The van der Waals surface area contributed by atoms with E-state index >= 15 is 0 Å². The zero-order valence-electron chi connectivity index (χ0n) is 12.2. The molecule has 0 radical (unpaired) electrons. The minimum absolute atomic E-state index is 0.0640. The molecule has 3 heterocycles. The number of hydrogen-bond acceptors (Lipinski definition) is 5. The van der Waals surface area contributed by atoms with Gasteiger partial charge in [0, 0.05) is 42.4 Å². The van der Waals surface area contributed by atoms with Crippen LogP contribution in [0.3, 0.4) is 0 Å². The van der Waals surface area contributed by atoms with E-state index in [0.29, 0.717) is 6.04 Å². The lowest BCUT2D eigenvalue weighted by molar-refractivity contribution is 0.0979. The first-order chi connectivity index (χ1) is 10.2. The number of aromatic nitrogens is 2. The summed E-state index contributed by atoms with van der Waals surface area (Å²) in [5, 5.41) is 16.7. The Kier molecular flexibility index (Phi) is 4.06. The summed E-state index contributed by atoms with van der Waals surface area (Å²) in [6, 6.07) is 6.35. The smallest absolute Gasteiger partial charge is 0.110 e. The second kappa shape index (κ2) is 5.98. The molecule has 110 valence electrons. The van der Waals surface area contributed by atoms with E-state index in [-0.39, 0.29) is 6.10 Å². The summed E-state index contributed by atoms with van der Waals surface area (Å²) in [6.07, 6.45) is 2.96. The van der Waals surface area contributed by atoms with Crippen LogP contribution in [0.15, 0.2) is 18.3 Å². The highest BCUT2D eigenvalue weighted by Gasteiger charge is 2.31. The molecule has 0 aliphatic carbocycles. The Morgan fingerprint density at radius 2 is 2.43 bits per heavy atom. The average molecular weight is 302 g/mol. The molecule has 1 N–H and O–H groups in total. The third kappa shape index (κ3) is 2.86. The van der Waals surface area contributed by atoms with Gasteiger partial charge in [0.05, 0.1) is 6.20 Å². The molecule has 2 aromatic heterocycles. The van der Waals surface area contributed by atoms with Crippen molar-refractivity contribution >= 4 is 11.3 Å². The van der Waals surface area contributed by atoms with Gasteiger partial charge in [-0.3, -0.25) is 4.68 Å². The van der Waals surface area contributed by atoms with Gasteiger partial charge in [0.15, 0.2) is 0 Å². The highest BCUT2D eigenvalue weighted by molar-refractivity contribution is 7.12. The van der Waals surface area contributed by atoms with Gasteiger partial charge in [0.2, 0.25) is 0 Å². The molecule has 0 spiro atoms. The molecule has 0 amide bonds. The number of thiophene rings is 1. The topological polar surface area (TPSA) is 62.9 Å². The molecular weight excluding hydrogens is 284 g/mol.